The summed E-state index contributed by atoms with van der Waals surface area (Å²) in [5.74, 6) is 2.04. The second-order valence-electron chi connectivity index (χ2n) is 7.29. The number of aromatic nitrogens is 3. The van der Waals surface area contributed by atoms with Gasteiger partial charge >= 0.3 is 0 Å². The fourth-order valence-electron chi connectivity index (χ4n) is 3.91. The predicted molar refractivity (Wildman–Crippen MR) is 102 cm³/mol. The van der Waals surface area contributed by atoms with Crippen LogP contribution in [-0.4, -0.2) is 45.6 Å². The van der Waals surface area contributed by atoms with Gasteiger partial charge in [-0.15, -0.1) is 0 Å². The Morgan fingerprint density at radius 2 is 2.36 bits per heavy atom. The molecule has 2 aromatic heterocycles. The Kier molecular flexibility index (Phi) is 5.85. The number of hydrogen-bond acceptors (Lipinski definition) is 7. The van der Waals surface area contributed by atoms with Gasteiger partial charge in [0.05, 0.1) is 12.6 Å². The zero-order chi connectivity index (χ0) is 19.3. The highest BCUT2D eigenvalue weighted by Crippen LogP contribution is 2.30. The Labute approximate surface area is 164 Å². The third-order valence-corrected chi connectivity index (χ3v) is 5.36. The van der Waals surface area contributed by atoms with E-state index in [9.17, 15) is 4.79 Å². The van der Waals surface area contributed by atoms with Gasteiger partial charge in [-0.2, -0.15) is 0 Å². The number of nitrogens with zero attached hydrogens (tertiary/aromatic N) is 4. The van der Waals surface area contributed by atoms with Crippen molar-refractivity contribution >= 4 is 5.91 Å². The van der Waals surface area contributed by atoms with Crippen molar-refractivity contribution in [3.63, 3.8) is 0 Å². The Hall–Kier alpha value is -2.48. The molecule has 8 nitrogen and oxygen atoms in total. The first-order chi connectivity index (χ1) is 13.7. The van der Waals surface area contributed by atoms with Crippen LogP contribution in [0, 0.1) is 0 Å². The molecule has 0 bridgehead atoms. The van der Waals surface area contributed by atoms with Crippen molar-refractivity contribution < 1.29 is 14.1 Å². The van der Waals surface area contributed by atoms with Crippen molar-refractivity contribution in [2.24, 2.45) is 0 Å². The monoisotopic (exact) mass is 385 g/mol. The number of hydrogen-bond donors (Lipinski definition) is 1. The van der Waals surface area contributed by atoms with E-state index in [1.54, 1.807) is 6.07 Å². The summed E-state index contributed by atoms with van der Waals surface area (Å²) in [6, 6.07) is 1.72. The number of piperidine rings is 1. The first-order valence-corrected chi connectivity index (χ1v) is 10.2. The highest BCUT2D eigenvalue weighted by molar-refractivity contribution is 5.77. The second kappa shape index (κ2) is 8.68. The molecular weight excluding hydrogens is 358 g/mol. The van der Waals surface area contributed by atoms with Crippen LogP contribution in [0.2, 0.25) is 0 Å². The molecule has 0 radical (unpaired) electrons. The maximum absolute atomic E-state index is 12.9. The lowest BCUT2D eigenvalue weighted by molar-refractivity contribution is -0.135. The van der Waals surface area contributed by atoms with Crippen LogP contribution in [0.3, 0.4) is 0 Å². The molecule has 1 N–H and O–H groups in total. The number of fused-ring (bicyclic) bond motifs is 1. The molecule has 0 saturated carbocycles. The fourth-order valence-corrected chi connectivity index (χ4v) is 3.91. The van der Waals surface area contributed by atoms with E-state index in [2.05, 4.69) is 15.5 Å². The molecule has 4 rings (SSSR count). The molecule has 1 fully saturated rings. The Morgan fingerprint density at radius 3 is 3.25 bits per heavy atom. The second-order valence-corrected chi connectivity index (χ2v) is 7.29. The van der Waals surface area contributed by atoms with Crippen molar-refractivity contribution in [2.45, 2.75) is 58.0 Å². The minimum atomic E-state index is -0.0323. The first-order valence-electron chi connectivity index (χ1n) is 10.2. The quantitative estimate of drug-likeness (QED) is 0.815. The summed E-state index contributed by atoms with van der Waals surface area (Å²) >= 11 is 0. The largest absolute Gasteiger partial charge is 0.476 e. The van der Waals surface area contributed by atoms with Crippen LogP contribution < -0.4 is 10.1 Å². The maximum Gasteiger partial charge on any atom is 0.254 e. The summed E-state index contributed by atoms with van der Waals surface area (Å²) in [4.78, 5) is 24.3. The molecule has 2 aliphatic rings. The summed E-state index contributed by atoms with van der Waals surface area (Å²) in [5, 5.41) is 7.19. The van der Waals surface area contributed by atoms with Gasteiger partial charge in [0.2, 0.25) is 5.91 Å². The molecule has 0 spiro atoms. The lowest BCUT2D eigenvalue weighted by Crippen LogP contribution is -2.39. The number of aryl methyl sites for hydroxylation is 1. The van der Waals surface area contributed by atoms with Gasteiger partial charge in [0.25, 0.3) is 5.88 Å². The van der Waals surface area contributed by atoms with E-state index in [1.807, 2.05) is 18.0 Å². The summed E-state index contributed by atoms with van der Waals surface area (Å²) in [7, 11) is 0. The molecule has 1 unspecified atom stereocenters. The summed E-state index contributed by atoms with van der Waals surface area (Å²) in [6.45, 7) is 4.96. The number of ether oxygens (including phenoxy) is 1. The summed E-state index contributed by atoms with van der Waals surface area (Å²) in [6.07, 6.45) is 6.76. The molecule has 0 aromatic carbocycles. The van der Waals surface area contributed by atoms with Crippen molar-refractivity contribution in [1.82, 2.24) is 25.3 Å². The lowest BCUT2D eigenvalue weighted by atomic mass is 9.99. The van der Waals surface area contributed by atoms with Crippen LogP contribution in [0.5, 0.6) is 5.88 Å². The third-order valence-electron chi connectivity index (χ3n) is 5.36. The predicted octanol–water partition coefficient (Wildman–Crippen LogP) is 2.20. The van der Waals surface area contributed by atoms with Crippen LogP contribution in [0.4, 0.5) is 0 Å². The van der Waals surface area contributed by atoms with Gasteiger partial charge < -0.3 is 19.5 Å². The number of likely N-dealkylation sites (tertiary alicyclic amines) is 1. The number of carbonyl (C=O) groups is 1. The van der Waals surface area contributed by atoms with Crippen LogP contribution in [0.1, 0.15) is 61.5 Å². The van der Waals surface area contributed by atoms with Crippen LogP contribution in [-0.2, 0) is 24.2 Å². The lowest BCUT2D eigenvalue weighted by Gasteiger charge is -2.35. The fraction of sp³-hybridized carbons (Fsp3) is 0.600. The summed E-state index contributed by atoms with van der Waals surface area (Å²) in [5.41, 5.74) is 2.28. The highest BCUT2D eigenvalue weighted by Gasteiger charge is 2.30. The van der Waals surface area contributed by atoms with Crippen LogP contribution in [0.25, 0.3) is 0 Å². The molecule has 8 heteroatoms. The average Bonchev–Trinajstić information content (AvgIpc) is 3.19. The Morgan fingerprint density at radius 1 is 1.43 bits per heavy atom. The normalized spacial score (nSPS) is 19.3. The molecule has 28 heavy (non-hydrogen) atoms. The van der Waals surface area contributed by atoms with Gasteiger partial charge in [0, 0.05) is 62.4 Å². The van der Waals surface area contributed by atoms with Crippen molar-refractivity contribution in [3.05, 3.63) is 35.1 Å². The highest BCUT2D eigenvalue weighted by atomic mass is 16.5. The van der Waals surface area contributed by atoms with Gasteiger partial charge in [-0.1, -0.05) is 0 Å². The van der Waals surface area contributed by atoms with Crippen molar-refractivity contribution in [2.75, 3.05) is 19.7 Å². The van der Waals surface area contributed by atoms with E-state index in [1.165, 1.54) is 5.56 Å². The zero-order valence-electron chi connectivity index (χ0n) is 16.3. The molecule has 1 amide bonds. The topological polar surface area (TPSA) is 93.4 Å². The Balaban J connectivity index is 1.43. The minimum absolute atomic E-state index is 0.0323. The van der Waals surface area contributed by atoms with Crippen molar-refractivity contribution in [3.8, 4) is 5.88 Å². The van der Waals surface area contributed by atoms with E-state index >= 15 is 0 Å². The van der Waals surface area contributed by atoms with Gasteiger partial charge in [0.15, 0.2) is 5.82 Å². The van der Waals surface area contributed by atoms with E-state index < -0.39 is 0 Å². The van der Waals surface area contributed by atoms with Gasteiger partial charge in [-0.05, 0) is 31.3 Å². The molecular formula is C20H27N5O3. The van der Waals surface area contributed by atoms with E-state index in [0.29, 0.717) is 31.1 Å². The number of carbonyl (C=O) groups excluding carboxylic acids is 1. The van der Waals surface area contributed by atoms with Crippen LogP contribution in [0.15, 0.2) is 16.8 Å². The van der Waals surface area contributed by atoms with E-state index in [0.717, 1.165) is 56.8 Å². The van der Waals surface area contributed by atoms with Crippen molar-refractivity contribution in [1.29, 1.82) is 0 Å². The molecule has 2 aromatic rings. The number of amides is 1. The average molecular weight is 385 g/mol. The van der Waals surface area contributed by atoms with Gasteiger partial charge in [-0.25, -0.2) is 9.97 Å². The summed E-state index contributed by atoms with van der Waals surface area (Å²) < 4.78 is 10.6. The molecule has 1 saturated heterocycles. The number of rotatable bonds is 6. The first kappa shape index (κ1) is 18.9. The Bertz CT molecular complexity index is 822. The molecule has 4 heterocycles. The SMILES string of the molecule is CCOc1cc(CCC(=O)N2CCCCC2c2ncc3c(n2)CCNC3)on1. The van der Waals surface area contributed by atoms with Crippen LogP contribution >= 0.6 is 0 Å². The van der Waals surface area contributed by atoms with Gasteiger partial charge in [0.1, 0.15) is 5.76 Å². The molecule has 2 aliphatic heterocycles. The molecule has 1 atom stereocenters. The van der Waals surface area contributed by atoms with Gasteiger partial charge in [-0.3, -0.25) is 4.79 Å². The maximum atomic E-state index is 12.9. The van der Waals surface area contributed by atoms with E-state index in [4.69, 9.17) is 14.2 Å². The minimum Gasteiger partial charge on any atom is -0.476 e. The zero-order valence-corrected chi connectivity index (χ0v) is 16.3. The van der Waals surface area contributed by atoms with E-state index in [-0.39, 0.29) is 11.9 Å². The molecule has 150 valence electrons. The molecule has 0 aliphatic carbocycles. The number of nitrogens with one attached hydrogen (secondary N) is 1. The smallest absolute Gasteiger partial charge is 0.254 e. The third kappa shape index (κ3) is 4.16. The standard InChI is InChI=1S/C20H27N5O3/c1-2-27-18-11-15(28-24-18)6-7-19(26)25-10-4-3-5-17(25)20-22-13-14-12-21-9-8-16(14)23-20/h11,13,17,21H,2-10,12H2,1H3.